The van der Waals surface area contributed by atoms with Crippen LogP contribution in [0.3, 0.4) is 0 Å². The molecule has 110 valence electrons. The maximum atomic E-state index is 12.2. The topological polar surface area (TPSA) is 64.3 Å². The number of carbonyl (C=O) groups excluding carboxylic acids is 1. The first-order valence-electron chi connectivity index (χ1n) is 7.84. The van der Waals surface area contributed by atoms with Crippen LogP contribution < -0.4 is 11.1 Å². The number of rotatable bonds is 5. The van der Waals surface area contributed by atoms with Gasteiger partial charge in [0.1, 0.15) is 0 Å². The van der Waals surface area contributed by atoms with Crippen molar-refractivity contribution < 1.29 is 9.53 Å². The zero-order chi connectivity index (χ0) is 13.7. The normalized spacial score (nSPS) is 35.3. The molecule has 2 rings (SSSR count). The molecule has 2 fully saturated rings. The largest absolute Gasteiger partial charge is 0.378 e. The molecule has 4 heteroatoms. The van der Waals surface area contributed by atoms with Crippen molar-refractivity contribution >= 4 is 5.91 Å². The predicted octanol–water partition coefficient (Wildman–Crippen LogP) is 1.68. The SMILES string of the molecule is CCC1OCCC1CNC(=O)C1CCCC(CN)C1. The zero-order valence-electron chi connectivity index (χ0n) is 12.1. The molecule has 4 unspecified atom stereocenters. The van der Waals surface area contributed by atoms with Crippen LogP contribution in [0.5, 0.6) is 0 Å². The van der Waals surface area contributed by atoms with Crippen molar-refractivity contribution in [1.29, 1.82) is 0 Å². The predicted molar refractivity (Wildman–Crippen MR) is 75.7 cm³/mol. The molecule has 0 spiro atoms. The van der Waals surface area contributed by atoms with E-state index < -0.39 is 0 Å². The first-order valence-corrected chi connectivity index (χ1v) is 7.84. The quantitative estimate of drug-likeness (QED) is 0.797. The fraction of sp³-hybridized carbons (Fsp3) is 0.933. The van der Waals surface area contributed by atoms with Crippen molar-refractivity contribution in [3.8, 4) is 0 Å². The summed E-state index contributed by atoms with van der Waals surface area (Å²) in [6.07, 6.45) is 6.79. The molecule has 0 radical (unpaired) electrons. The second-order valence-corrected chi connectivity index (χ2v) is 6.08. The number of nitrogens with two attached hydrogens (primary N) is 1. The van der Waals surface area contributed by atoms with Crippen molar-refractivity contribution in [3.05, 3.63) is 0 Å². The molecule has 1 saturated heterocycles. The first-order chi connectivity index (χ1) is 9.24. The van der Waals surface area contributed by atoms with Crippen LogP contribution in [0.2, 0.25) is 0 Å². The number of hydrogen-bond acceptors (Lipinski definition) is 3. The van der Waals surface area contributed by atoms with Gasteiger partial charge >= 0.3 is 0 Å². The summed E-state index contributed by atoms with van der Waals surface area (Å²) >= 11 is 0. The number of nitrogens with one attached hydrogen (secondary N) is 1. The lowest BCUT2D eigenvalue weighted by molar-refractivity contribution is -0.126. The van der Waals surface area contributed by atoms with Gasteiger partial charge in [-0.2, -0.15) is 0 Å². The third-order valence-corrected chi connectivity index (χ3v) is 4.77. The lowest BCUT2D eigenvalue weighted by atomic mass is 9.81. The standard InChI is InChI=1S/C15H28N2O2/c1-2-14-13(6-7-19-14)10-17-15(18)12-5-3-4-11(8-12)9-16/h11-14H,2-10,16H2,1H3,(H,17,18). The molecule has 2 aliphatic rings. The van der Waals surface area contributed by atoms with Gasteiger partial charge in [-0.3, -0.25) is 4.79 Å². The van der Waals surface area contributed by atoms with Gasteiger partial charge in [-0.25, -0.2) is 0 Å². The molecular weight excluding hydrogens is 240 g/mol. The van der Waals surface area contributed by atoms with Crippen LogP contribution in [0.15, 0.2) is 0 Å². The summed E-state index contributed by atoms with van der Waals surface area (Å²) in [4.78, 5) is 12.2. The van der Waals surface area contributed by atoms with Crippen molar-refractivity contribution in [1.82, 2.24) is 5.32 Å². The van der Waals surface area contributed by atoms with Crippen LogP contribution in [0.25, 0.3) is 0 Å². The second kappa shape index (κ2) is 7.25. The molecule has 4 atom stereocenters. The summed E-state index contributed by atoms with van der Waals surface area (Å²) in [5, 5.41) is 3.14. The van der Waals surface area contributed by atoms with E-state index in [1.165, 1.54) is 6.42 Å². The fourth-order valence-corrected chi connectivity index (χ4v) is 3.50. The molecule has 19 heavy (non-hydrogen) atoms. The molecule has 0 aromatic heterocycles. The Morgan fingerprint density at radius 2 is 2.21 bits per heavy atom. The van der Waals surface area contributed by atoms with Gasteiger partial charge in [0.25, 0.3) is 0 Å². The van der Waals surface area contributed by atoms with E-state index in [1.807, 2.05) is 0 Å². The summed E-state index contributed by atoms with van der Waals surface area (Å²) < 4.78 is 5.66. The minimum atomic E-state index is 0.185. The van der Waals surface area contributed by atoms with E-state index >= 15 is 0 Å². The minimum absolute atomic E-state index is 0.185. The highest BCUT2D eigenvalue weighted by atomic mass is 16.5. The number of hydrogen-bond donors (Lipinski definition) is 2. The Balaban J connectivity index is 1.74. The number of carbonyl (C=O) groups is 1. The van der Waals surface area contributed by atoms with Gasteiger partial charge in [0, 0.05) is 25.0 Å². The molecule has 0 aromatic carbocycles. The lowest BCUT2D eigenvalue weighted by Crippen LogP contribution is -2.39. The van der Waals surface area contributed by atoms with Gasteiger partial charge in [0.15, 0.2) is 0 Å². The van der Waals surface area contributed by atoms with Crippen LogP contribution in [-0.4, -0.2) is 31.7 Å². The van der Waals surface area contributed by atoms with E-state index in [0.717, 1.165) is 51.8 Å². The van der Waals surface area contributed by atoms with Crippen molar-refractivity contribution in [2.24, 2.45) is 23.5 Å². The maximum absolute atomic E-state index is 12.2. The van der Waals surface area contributed by atoms with E-state index in [2.05, 4.69) is 12.2 Å². The molecule has 3 N–H and O–H groups in total. The number of ether oxygens (including phenoxy) is 1. The van der Waals surface area contributed by atoms with Crippen molar-refractivity contribution in [2.75, 3.05) is 19.7 Å². The zero-order valence-corrected chi connectivity index (χ0v) is 12.1. The first kappa shape index (κ1) is 14.8. The summed E-state index contributed by atoms with van der Waals surface area (Å²) in [7, 11) is 0. The lowest BCUT2D eigenvalue weighted by Gasteiger charge is -2.28. The van der Waals surface area contributed by atoms with Gasteiger partial charge in [-0.15, -0.1) is 0 Å². The molecule has 0 bridgehead atoms. The molecule has 4 nitrogen and oxygen atoms in total. The molecular formula is C15H28N2O2. The van der Waals surface area contributed by atoms with Gasteiger partial charge in [-0.05, 0) is 44.6 Å². The summed E-state index contributed by atoms with van der Waals surface area (Å²) in [5.74, 6) is 1.47. The summed E-state index contributed by atoms with van der Waals surface area (Å²) in [5.41, 5.74) is 5.73. The van der Waals surface area contributed by atoms with E-state index in [9.17, 15) is 4.79 Å². The van der Waals surface area contributed by atoms with Crippen LogP contribution in [-0.2, 0) is 9.53 Å². The monoisotopic (exact) mass is 268 g/mol. The van der Waals surface area contributed by atoms with Crippen LogP contribution in [0, 0.1) is 17.8 Å². The molecule has 1 saturated carbocycles. The summed E-state index contributed by atoms with van der Waals surface area (Å²) in [6, 6.07) is 0. The van der Waals surface area contributed by atoms with Gasteiger partial charge in [0.2, 0.25) is 5.91 Å². The average molecular weight is 268 g/mol. The van der Waals surface area contributed by atoms with Gasteiger partial charge < -0.3 is 15.8 Å². The fourth-order valence-electron chi connectivity index (χ4n) is 3.50. The van der Waals surface area contributed by atoms with Crippen molar-refractivity contribution in [2.45, 2.75) is 51.6 Å². The van der Waals surface area contributed by atoms with E-state index in [-0.39, 0.29) is 11.8 Å². The molecule has 0 aromatic rings. The Kier molecular flexibility index (Phi) is 5.64. The minimum Gasteiger partial charge on any atom is -0.378 e. The molecule has 1 aliphatic heterocycles. The third kappa shape index (κ3) is 3.93. The Bertz CT molecular complexity index is 296. The van der Waals surface area contributed by atoms with Gasteiger partial charge in [0.05, 0.1) is 6.10 Å². The Morgan fingerprint density at radius 1 is 1.37 bits per heavy atom. The van der Waals surface area contributed by atoms with E-state index in [1.54, 1.807) is 0 Å². The highest BCUT2D eigenvalue weighted by Gasteiger charge is 2.30. The number of amides is 1. The van der Waals surface area contributed by atoms with Crippen molar-refractivity contribution in [3.63, 3.8) is 0 Å². The molecule has 1 aliphatic carbocycles. The van der Waals surface area contributed by atoms with E-state index in [4.69, 9.17) is 10.5 Å². The van der Waals surface area contributed by atoms with Gasteiger partial charge in [-0.1, -0.05) is 13.3 Å². The van der Waals surface area contributed by atoms with Crippen LogP contribution >= 0.6 is 0 Å². The second-order valence-electron chi connectivity index (χ2n) is 6.08. The highest BCUT2D eigenvalue weighted by molar-refractivity contribution is 5.78. The smallest absolute Gasteiger partial charge is 0.223 e. The van der Waals surface area contributed by atoms with Crippen LogP contribution in [0.4, 0.5) is 0 Å². The highest BCUT2D eigenvalue weighted by Crippen LogP contribution is 2.29. The third-order valence-electron chi connectivity index (χ3n) is 4.77. The van der Waals surface area contributed by atoms with E-state index in [0.29, 0.717) is 17.9 Å². The average Bonchev–Trinajstić information content (AvgIpc) is 2.92. The Morgan fingerprint density at radius 3 is 2.95 bits per heavy atom. The molecule has 1 amide bonds. The Labute approximate surface area is 116 Å². The van der Waals surface area contributed by atoms with Crippen LogP contribution in [0.1, 0.15) is 45.4 Å². The Hall–Kier alpha value is -0.610. The summed E-state index contributed by atoms with van der Waals surface area (Å²) in [6.45, 7) is 4.49. The maximum Gasteiger partial charge on any atom is 0.223 e. The molecule has 1 heterocycles.